The highest BCUT2D eigenvalue weighted by atomic mass is 35.5. The van der Waals surface area contributed by atoms with E-state index in [4.69, 9.17) is 9.47 Å². The lowest BCUT2D eigenvalue weighted by Gasteiger charge is -2.26. The first-order valence-corrected chi connectivity index (χ1v) is 8.30. The predicted molar refractivity (Wildman–Crippen MR) is 106 cm³/mol. The maximum Gasteiger partial charge on any atom is 0.337 e. The molecule has 10 nitrogen and oxygen atoms in total. The van der Waals surface area contributed by atoms with Crippen molar-refractivity contribution in [1.29, 1.82) is 0 Å². The Hall–Kier alpha value is -2.98. The molecule has 1 aromatic heterocycles. The Kier molecular flexibility index (Phi) is 7.90. The van der Waals surface area contributed by atoms with E-state index < -0.39 is 0 Å². The number of rotatable bonds is 6. The molecule has 0 aliphatic carbocycles. The van der Waals surface area contributed by atoms with Crippen LogP contribution in [0.1, 0.15) is 15.9 Å². The number of carbonyl (C=O) groups is 1. The molecule has 1 aliphatic heterocycles. The number of methoxy groups -OCH3 is 2. The number of aromatic nitrogens is 3. The molecule has 1 saturated heterocycles. The number of carbonyl (C=O) groups excluding carboxylic acids is 1. The Labute approximate surface area is 168 Å². The molecule has 0 radical (unpaired) electrons. The summed E-state index contributed by atoms with van der Waals surface area (Å²) in [5.74, 6) is 0.389. The summed E-state index contributed by atoms with van der Waals surface area (Å²) >= 11 is 0. The van der Waals surface area contributed by atoms with Crippen molar-refractivity contribution in [2.75, 3.05) is 50.8 Å². The van der Waals surface area contributed by atoms with Gasteiger partial charge in [0.15, 0.2) is 0 Å². The molecule has 150 valence electrons. The summed E-state index contributed by atoms with van der Waals surface area (Å²) < 4.78 is 15.1. The van der Waals surface area contributed by atoms with Gasteiger partial charge in [-0.05, 0) is 17.7 Å². The highest BCUT2D eigenvalue weighted by Crippen LogP contribution is 2.16. The molecule has 0 spiro atoms. The number of hydrogen-bond acceptors (Lipinski definition) is 10. The van der Waals surface area contributed by atoms with Crippen LogP contribution < -0.4 is 15.1 Å². The molecule has 1 N–H and O–H groups in total. The summed E-state index contributed by atoms with van der Waals surface area (Å²) in [6.45, 7) is 2.64. The Morgan fingerprint density at radius 1 is 1.18 bits per heavy atom. The van der Waals surface area contributed by atoms with E-state index in [1.807, 2.05) is 4.90 Å². The summed E-state index contributed by atoms with van der Waals surface area (Å²) in [7, 11) is 2.84. The number of morpholine rings is 1. The van der Waals surface area contributed by atoms with Crippen LogP contribution in [0.15, 0.2) is 29.4 Å². The average Bonchev–Trinajstić information content (AvgIpc) is 2.74. The van der Waals surface area contributed by atoms with Crippen LogP contribution in [0.2, 0.25) is 0 Å². The van der Waals surface area contributed by atoms with E-state index in [2.05, 4.69) is 30.2 Å². The average molecular weight is 409 g/mol. The number of halogens is 1. The van der Waals surface area contributed by atoms with Crippen LogP contribution in [0.3, 0.4) is 0 Å². The van der Waals surface area contributed by atoms with Crippen molar-refractivity contribution in [3.8, 4) is 6.01 Å². The van der Waals surface area contributed by atoms with Gasteiger partial charge in [-0.2, -0.15) is 20.1 Å². The van der Waals surface area contributed by atoms with Crippen molar-refractivity contribution < 1.29 is 19.0 Å². The number of esters is 1. The van der Waals surface area contributed by atoms with Gasteiger partial charge < -0.3 is 19.1 Å². The lowest BCUT2D eigenvalue weighted by Crippen LogP contribution is -2.37. The highest BCUT2D eigenvalue weighted by Gasteiger charge is 2.16. The molecule has 1 aliphatic rings. The van der Waals surface area contributed by atoms with Gasteiger partial charge in [0.05, 0.1) is 39.2 Å². The van der Waals surface area contributed by atoms with Crippen LogP contribution >= 0.6 is 12.4 Å². The molecular weight excluding hydrogens is 388 g/mol. The molecule has 0 bridgehead atoms. The normalized spacial score (nSPS) is 13.7. The molecule has 1 fully saturated rings. The lowest BCUT2D eigenvalue weighted by molar-refractivity contribution is 0.0600. The first kappa shape index (κ1) is 21.3. The number of hydrogen-bond donors (Lipinski definition) is 1. The standard InChI is InChI=1S/C17H20N6O4.ClH/c1-25-14(24)13-5-3-12(4-6-13)11-18-22-15-19-16(21-17(20-15)26-2)23-7-9-27-10-8-23;/h3-6,11H,7-10H2,1-2H3,(H,19,20,21,22);1H/b18-11+;. The lowest BCUT2D eigenvalue weighted by atomic mass is 10.1. The topological polar surface area (TPSA) is 111 Å². The van der Waals surface area contributed by atoms with E-state index in [0.29, 0.717) is 37.8 Å². The van der Waals surface area contributed by atoms with Crippen molar-refractivity contribution in [1.82, 2.24) is 15.0 Å². The zero-order valence-electron chi connectivity index (χ0n) is 15.5. The van der Waals surface area contributed by atoms with Crippen molar-refractivity contribution in [2.45, 2.75) is 0 Å². The molecule has 11 heteroatoms. The summed E-state index contributed by atoms with van der Waals surface area (Å²) in [4.78, 5) is 26.2. The molecule has 0 unspecified atom stereocenters. The van der Waals surface area contributed by atoms with Gasteiger partial charge in [-0.3, -0.25) is 0 Å². The molecule has 1 aromatic carbocycles. The second-order valence-corrected chi connectivity index (χ2v) is 5.53. The number of anilines is 2. The number of nitrogens with one attached hydrogen (secondary N) is 1. The van der Waals surface area contributed by atoms with Gasteiger partial charge in [-0.25, -0.2) is 10.2 Å². The number of hydrazone groups is 1. The van der Waals surface area contributed by atoms with Crippen molar-refractivity contribution >= 4 is 36.5 Å². The van der Waals surface area contributed by atoms with E-state index in [1.54, 1.807) is 30.5 Å². The smallest absolute Gasteiger partial charge is 0.337 e. The van der Waals surface area contributed by atoms with Crippen LogP contribution in [0.25, 0.3) is 0 Å². The van der Waals surface area contributed by atoms with Crippen LogP contribution in [-0.4, -0.2) is 67.7 Å². The Morgan fingerprint density at radius 3 is 2.54 bits per heavy atom. The zero-order chi connectivity index (χ0) is 19.1. The Morgan fingerprint density at radius 2 is 1.89 bits per heavy atom. The minimum atomic E-state index is -0.385. The van der Waals surface area contributed by atoms with Gasteiger partial charge in [-0.1, -0.05) is 12.1 Å². The molecule has 0 saturated carbocycles. The molecule has 2 aromatic rings. The maximum atomic E-state index is 11.4. The maximum absolute atomic E-state index is 11.4. The third-order valence-electron chi connectivity index (χ3n) is 3.79. The summed E-state index contributed by atoms with van der Waals surface area (Å²) in [6.07, 6.45) is 1.59. The van der Waals surface area contributed by atoms with Gasteiger partial charge in [0.1, 0.15) is 0 Å². The van der Waals surface area contributed by atoms with Gasteiger partial charge in [-0.15, -0.1) is 12.4 Å². The third kappa shape index (κ3) is 5.51. The molecule has 28 heavy (non-hydrogen) atoms. The fourth-order valence-corrected chi connectivity index (χ4v) is 2.38. The number of benzene rings is 1. The van der Waals surface area contributed by atoms with E-state index in [9.17, 15) is 4.79 Å². The molecule has 2 heterocycles. The summed E-state index contributed by atoms with van der Waals surface area (Å²) in [6, 6.07) is 7.03. The number of ether oxygens (including phenoxy) is 3. The zero-order valence-corrected chi connectivity index (χ0v) is 16.3. The van der Waals surface area contributed by atoms with E-state index >= 15 is 0 Å². The molecular formula is C17H21ClN6O4. The monoisotopic (exact) mass is 408 g/mol. The van der Waals surface area contributed by atoms with Gasteiger partial charge >= 0.3 is 12.0 Å². The predicted octanol–water partition coefficient (Wildman–Crippen LogP) is 1.37. The third-order valence-corrected chi connectivity index (χ3v) is 3.79. The molecule has 0 amide bonds. The van der Waals surface area contributed by atoms with Crippen molar-refractivity contribution in [3.05, 3.63) is 35.4 Å². The minimum absolute atomic E-state index is 0. The van der Waals surface area contributed by atoms with Gasteiger partial charge in [0.2, 0.25) is 5.95 Å². The summed E-state index contributed by atoms with van der Waals surface area (Å²) in [5.41, 5.74) is 4.04. The number of nitrogens with zero attached hydrogens (tertiary/aromatic N) is 5. The van der Waals surface area contributed by atoms with E-state index in [1.165, 1.54) is 14.2 Å². The minimum Gasteiger partial charge on any atom is -0.467 e. The van der Waals surface area contributed by atoms with Gasteiger partial charge in [0, 0.05) is 13.1 Å². The van der Waals surface area contributed by atoms with Crippen LogP contribution in [0.4, 0.5) is 11.9 Å². The largest absolute Gasteiger partial charge is 0.467 e. The van der Waals surface area contributed by atoms with E-state index in [-0.39, 0.29) is 30.3 Å². The molecule has 0 atom stereocenters. The highest BCUT2D eigenvalue weighted by molar-refractivity contribution is 5.90. The quantitative estimate of drug-likeness (QED) is 0.430. The fraction of sp³-hybridized carbons (Fsp3) is 0.353. The fourth-order valence-electron chi connectivity index (χ4n) is 2.38. The van der Waals surface area contributed by atoms with Crippen LogP contribution in [0.5, 0.6) is 6.01 Å². The Bertz CT molecular complexity index is 812. The summed E-state index contributed by atoms with van der Waals surface area (Å²) in [5, 5.41) is 4.13. The van der Waals surface area contributed by atoms with E-state index in [0.717, 1.165) is 5.56 Å². The first-order valence-electron chi connectivity index (χ1n) is 8.30. The van der Waals surface area contributed by atoms with Crippen LogP contribution in [0, 0.1) is 0 Å². The van der Waals surface area contributed by atoms with Crippen molar-refractivity contribution in [3.63, 3.8) is 0 Å². The van der Waals surface area contributed by atoms with Gasteiger partial charge in [0.25, 0.3) is 5.95 Å². The Balaban J connectivity index is 0.00000280. The first-order chi connectivity index (χ1) is 13.2. The second-order valence-electron chi connectivity index (χ2n) is 5.53. The van der Waals surface area contributed by atoms with Crippen molar-refractivity contribution in [2.24, 2.45) is 5.10 Å². The van der Waals surface area contributed by atoms with Crippen LogP contribution in [-0.2, 0) is 9.47 Å². The second kappa shape index (κ2) is 10.4. The molecule has 3 rings (SSSR count). The SMILES string of the molecule is COC(=O)c1ccc(/C=N/Nc2nc(OC)nc(N3CCOCC3)n2)cc1.Cl.